The lowest BCUT2D eigenvalue weighted by atomic mass is 10.0. The Morgan fingerprint density at radius 3 is 2.58 bits per heavy atom. The fourth-order valence-electron chi connectivity index (χ4n) is 4.53. The van der Waals surface area contributed by atoms with Crippen molar-refractivity contribution < 1.29 is 19.0 Å². The molecule has 5 rings (SSSR count). The molecule has 33 heavy (non-hydrogen) atoms. The van der Waals surface area contributed by atoms with Crippen LogP contribution in [0.5, 0.6) is 11.5 Å². The van der Waals surface area contributed by atoms with E-state index < -0.39 is 0 Å². The van der Waals surface area contributed by atoms with Gasteiger partial charge in [0.25, 0.3) is 5.91 Å². The molecular formula is C26H27ClN2O4. The van der Waals surface area contributed by atoms with Gasteiger partial charge in [0.1, 0.15) is 23.7 Å². The molecular weight excluding hydrogens is 440 g/mol. The van der Waals surface area contributed by atoms with Gasteiger partial charge >= 0.3 is 0 Å². The fourth-order valence-corrected chi connectivity index (χ4v) is 4.78. The summed E-state index contributed by atoms with van der Waals surface area (Å²) in [5.74, 6) is 1.59. The molecule has 172 valence electrons. The van der Waals surface area contributed by atoms with Crippen LogP contribution in [0.1, 0.15) is 25.7 Å². The Balaban J connectivity index is 1.21. The van der Waals surface area contributed by atoms with Crippen molar-refractivity contribution in [3.05, 3.63) is 53.7 Å². The molecule has 0 N–H and O–H groups in total. The van der Waals surface area contributed by atoms with Gasteiger partial charge in [-0.3, -0.25) is 9.78 Å². The van der Waals surface area contributed by atoms with Gasteiger partial charge in [-0.2, -0.15) is 0 Å². The number of carbonyl (C=O) groups is 1. The zero-order chi connectivity index (χ0) is 22.8. The molecule has 3 aromatic rings. The highest BCUT2D eigenvalue weighted by Crippen LogP contribution is 2.32. The number of nitrogens with zero attached hydrogens (tertiary/aromatic N) is 2. The van der Waals surface area contributed by atoms with Crippen molar-refractivity contribution in [1.29, 1.82) is 0 Å². The number of amides is 1. The number of hydrogen-bond acceptors (Lipinski definition) is 5. The fraction of sp³-hybridized carbons (Fsp3) is 0.385. The molecule has 1 atom stereocenters. The van der Waals surface area contributed by atoms with Crippen LogP contribution in [0, 0.1) is 0 Å². The Hall–Kier alpha value is -2.83. The molecule has 7 heteroatoms. The van der Waals surface area contributed by atoms with Crippen molar-refractivity contribution in [3.63, 3.8) is 0 Å². The van der Waals surface area contributed by atoms with Gasteiger partial charge in [0.2, 0.25) is 0 Å². The van der Waals surface area contributed by atoms with Crippen LogP contribution in [0.4, 0.5) is 0 Å². The number of aromatic nitrogens is 1. The number of benzene rings is 2. The Kier molecular flexibility index (Phi) is 6.38. The molecule has 2 aromatic carbocycles. The molecule has 0 radical (unpaired) electrons. The van der Waals surface area contributed by atoms with Gasteiger partial charge in [0.05, 0.1) is 17.6 Å². The van der Waals surface area contributed by atoms with Gasteiger partial charge in [0, 0.05) is 55.8 Å². The maximum Gasteiger partial charge on any atom is 0.251 e. The zero-order valence-electron chi connectivity index (χ0n) is 18.6. The number of rotatable bonds is 5. The Morgan fingerprint density at radius 1 is 1.09 bits per heavy atom. The Labute approximate surface area is 198 Å². The number of likely N-dealkylation sites (tertiary alicyclic amines) is 1. The van der Waals surface area contributed by atoms with Crippen molar-refractivity contribution in [2.24, 2.45) is 0 Å². The number of pyridine rings is 1. The van der Waals surface area contributed by atoms with E-state index in [9.17, 15) is 4.79 Å². The van der Waals surface area contributed by atoms with Crippen LogP contribution >= 0.6 is 11.6 Å². The third-order valence-electron chi connectivity index (χ3n) is 6.40. The summed E-state index contributed by atoms with van der Waals surface area (Å²) in [4.78, 5) is 19.0. The number of hydrogen-bond donors (Lipinski definition) is 0. The molecule has 6 nitrogen and oxygen atoms in total. The molecule has 0 aliphatic carbocycles. The third-order valence-corrected chi connectivity index (χ3v) is 6.70. The number of fused-ring (bicyclic) bond motifs is 1. The van der Waals surface area contributed by atoms with Crippen LogP contribution in [0.3, 0.4) is 0 Å². The van der Waals surface area contributed by atoms with Gasteiger partial charge in [-0.15, -0.1) is 0 Å². The van der Waals surface area contributed by atoms with Gasteiger partial charge in [-0.05, 0) is 42.7 Å². The highest BCUT2D eigenvalue weighted by atomic mass is 35.5. The maximum absolute atomic E-state index is 12.5. The number of methoxy groups -OCH3 is 1. The van der Waals surface area contributed by atoms with Crippen molar-refractivity contribution >= 4 is 28.4 Å². The lowest BCUT2D eigenvalue weighted by molar-refractivity contribution is -0.142. The predicted octanol–water partition coefficient (Wildman–Crippen LogP) is 5.11. The largest absolute Gasteiger partial charge is 0.495 e. The van der Waals surface area contributed by atoms with Crippen LogP contribution in [-0.2, 0) is 9.53 Å². The van der Waals surface area contributed by atoms with E-state index in [1.54, 1.807) is 7.11 Å². The summed E-state index contributed by atoms with van der Waals surface area (Å²) in [6.07, 6.45) is 5.21. The monoisotopic (exact) mass is 466 g/mol. The first-order valence-electron chi connectivity index (χ1n) is 11.4. The SMILES string of the molecule is COc1cc2ncc(-c3ccc(OC4CCN(C(=O)C5CCCO5)CC4)cc3)cc2cc1Cl. The quantitative estimate of drug-likeness (QED) is 0.522. The van der Waals surface area contributed by atoms with Crippen molar-refractivity contribution in [3.8, 4) is 22.6 Å². The van der Waals surface area contributed by atoms with E-state index in [2.05, 4.69) is 11.1 Å². The van der Waals surface area contributed by atoms with E-state index in [-0.39, 0.29) is 18.1 Å². The molecule has 3 heterocycles. The lowest BCUT2D eigenvalue weighted by Crippen LogP contribution is -2.45. The summed E-state index contributed by atoms with van der Waals surface area (Å²) < 4.78 is 17.0. The summed E-state index contributed by atoms with van der Waals surface area (Å²) in [5, 5.41) is 1.53. The zero-order valence-corrected chi connectivity index (χ0v) is 19.4. The van der Waals surface area contributed by atoms with E-state index >= 15 is 0 Å². The molecule has 1 unspecified atom stereocenters. The maximum atomic E-state index is 12.5. The molecule has 2 aliphatic heterocycles. The highest BCUT2D eigenvalue weighted by Gasteiger charge is 2.31. The second-order valence-corrected chi connectivity index (χ2v) is 8.98. The van der Waals surface area contributed by atoms with E-state index in [4.69, 9.17) is 25.8 Å². The molecule has 2 saturated heterocycles. The summed E-state index contributed by atoms with van der Waals surface area (Å²) >= 11 is 6.28. The third kappa shape index (κ3) is 4.77. The minimum absolute atomic E-state index is 0.115. The number of carbonyl (C=O) groups excluding carboxylic acids is 1. The Morgan fingerprint density at radius 2 is 1.88 bits per heavy atom. The molecule has 1 aromatic heterocycles. The van der Waals surface area contributed by atoms with Gasteiger partial charge in [-0.1, -0.05) is 23.7 Å². The molecule has 0 bridgehead atoms. The number of halogens is 1. The second kappa shape index (κ2) is 9.57. The summed E-state index contributed by atoms with van der Waals surface area (Å²) in [5.41, 5.74) is 2.90. The van der Waals surface area contributed by atoms with E-state index in [1.165, 1.54) is 0 Å². The van der Waals surface area contributed by atoms with Crippen molar-refractivity contribution in [2.45, 2.75) is 37.9 Å². The lowest BCUT2D eigenvalue weighted by Gasteiger charge is -2.33. The first kappa shape index (κ1) is 22.0. The topological polar surface area (TPSA) is 60.9 Å². The smallest absolute Gasteiger partial charge is 0.251 e. The minimum Gasteiger partial charge on any atom is -0.495 e. The molecule has 0 saturated carbocycles. The average Bonchev–Trinajstić information content (AvgIpc) is 3.39. The van der Waals surface area contributed by atoms with E-state index in [1.807, 2.05) is 47.5 Å². The van der Waals surface area contributed by atoms with Crippen molar-refractivity contribution in [2.75, 3.05) is 26.8 Å². The molecule has 2 aliphatic rings. The van der Waals surface area contributed by atoms with Crippen LogP contribution < -0.4 is 9.47 Å². The van der Waals surface area contributed by atoms with Crippen molar-refractivity contribution in [1.82, 2.24) is 9.88 Å². The normalized spacial score (nSPS) is 19.1. The average molecular weight is 467 g/mol. The molecule has 1 amide bonds. The Bertz CT molecular complexity index is 1140. The van der Waals surface area contributed by atoms with E-state index in [0.29, 0.717) is 17.4 Å². The molecule has 0 spiro atoms. The van der Waals surface area contributed by atoms with E-state index in [0.717, 1.165) is 66.6 Å². The van der Waals surface area contributed by atoms with Gasteiger partial charge in [-0.25, -0.2) is 0 Å². The first-order valence-corrected chi connectivity index (χ1v) is 11.8. The second-order valence-electron chi connectivity index (χ2n) is 8.57. The van der Waals surface area contributed by atoms with Crippen LogP contribution in [0.15, 0.2) is 48.7 Å². The minimum atomic E-state index is -0.238. The highest BCUT2D eigenvalue weighted by molar-refractivity contribution is 6.32. The summed E-state index contributed by atoms with van der Waals surface area (Å²) in [7, 11) is 1.60. The predicted molar refractivity (Wildman–Crippen MR) is 128 cm³/mol. The van der Waals surface area contributed by atoms with Crippen LogP contribution in [-0.4, -0.2) is 54.8 Å². The summed E-state index contributed by atoms with van der Waals surface area (Å²) in [6, 6.07) is 13.9. The first-order chi connectivity index (χ1) is 16.1. The van der Waals surface area contributed by atoms with Crippen LogP contribution in [0.2, 0.25) is 5.02 Å². The number of ether oxygens (including phenoxy) is 3. The summed E-state index contributed by atoms with van der Waals surface area (Å²) in [6.45, 7) is 2.14. The van der Waals surface area contributed by atoms with Crippen LogP contribution in [0.25, 0.3) is 22.0 Å². The molecule has 2 fully saturated rings. The van der Waals surface area contributed by atoms with Gasteiger partial charge in [0.15, 0.2) is 0 Å². The standard InChI is InChI=1S/C26H27ClN2O4/c1-31-25-15-23-18(14-22(25)27)13-19(16-28-23)17-4-6-20(7-5-17)33-21-8-10-29(11-9-21)26(30)24-3-2-12-32-24/h4-7,13-16,21,24H,2-3,8-12H2,1H3. The number of piperidine rings is 1. The van der Waals surface area contributed by atoms with Gasteiger partial charge < -0.3 is 19.1 Å².